The number of allylic oxidation sites excluding steroid dienone is 4. The molecule has 2 heteroatoms. The maximum atomic E-state index is 10.3. The monoisotopic (exact) mass is 200 g/mol. The molecule has 0 aliphatic heterocycles. The summed E-state index contributed by atoms with van der Waals surface area (Å²) in [7, 11) is 0. The molecule has 0 saturated carbocycles. The molecule has 1 nitrogen and oxygen atoms in total. The predicted octanol–water partition coefficient (Wildman–Crippen LogP) is 2.23. The Hall–Kier alpha value is -0.370. The SMILES string of the molecule is CC1=C(CBr)C=C(C=O)C1. The van der Waals surface area contributed by atoms with E-state index in [9.17, 15) is 4.79 Å². The third kappa shape index (κ3) is 1.37. The second kappa shape index (κ2) is 3.15. The van der Waals surface area contributed by atoms with Gasteiger partial charge in [-0.1, -0.05) is 27.6 Å². The van der Waals surface area contributed by atoms with E-state index in [2.05, 4.69) is 22.9 Å². The molecule has 0 aromatic heterocycles. The first-order valence-corrected chi connectivity index (χ1v) is 4.30. The van der Waals surface area contributed by atoms with Crippen molar-refractivity contribution in [3.05, 3.63) is 22.8 Å². The lowest BCUT2D eigenvalue weighted by Crippen LogP contribution is -1.79. The Bertz CT molecular complexity index is 213. The van der Waals surface area contributed by atoms with Crippen molar-refractivity contribution < 1.29 is 4.79 Å². The Morgan fingerprint density at radius 3 is 2.80 bits per heavy atom. The maximum absolute atomic E-state index is 10.3. The summed E-state index contributed by atoms with van der Waals surface area (Å²) in [5, 5.41) is 0.857. The Labute approximate surface area is 68.9 Å². The summed E-state index contributed by atoms with van der Waals surface area (Å²) in [5.41, 5.74) is 3.45. The van der Waals surface area contributed by atoms with Crippen LogP contribution in [-0.4, -0.2) is 11.6 Å². The highest BCUT2D eigenvalue weighted by atomic mass is 79.9. The molecule has 1 rings (SSSR count). The van der Waals surface area contributed by atoms with Gasteiger partial charge in [0.05, 0.1) is 0 Å². The lowest BCUT2D eigenvalue weighted by Gasteiger charge is -1.92. The van der Waals surface area contributed by atoms with Crippen LogP contribution in [0.15, 0.2) is 22.8 Å². The Balaban J connectivity index is 2.77. The number of aldehydes is 1. The lowest BCUT2D eigenvalue weighted by molar-refractivity contribution is -0.104. The van der Waals surface area contributed by atoms with E-state index in [1.165, 1.54) is 11.1 Å². The zero-order valence-corrected chi connectivity index (χ0v) is 7.44. The molecular weight excluding hydrogens is 192 g/mol. The minimum absolute atomic E-state index is 0.838. The van der Waals surface area contributed by atoms with Crippen LogP contribution in [0.25, 0.3) is 0 Å². The molecule has 0 heterocycles. The number of alkyl halides is 1. The smallest absolute Gasteiger partial charge is 0.146 e. The highest BCUT2D eigenvalue weighted by molar-refractivity contribution is 9.09. The molecule has 0 fully saturated rings. The summed E-state index contributed by atoms with van der Waals surface area (Å²) in [4.78, 5) is 10.3. The summed E-state index contributed by atoms with van der Waals surface area (Å²) in [5.74, 6) is 0. The van der Waals surface area contributed by atoms with Crippen LogP contribution in [0.2, 0.25) is 0 Å². The molecule has 0 amide bonds. The molecule has 0 aromatic rings. The molecule has 0 N–H and O–H groups in total. The second-order valence-corrected chi connectivity index (χ2v) is 3.01. The second-order valence-electron chi connectivity index (χ2n) is 2.45. The Kier molecular flexibility index (Phi) is 2.44. The number of hydrogen-bond acceptors (Lipinski definition) is 1. The first kappa shape index (κ1) is 7.73. The van der Waals surface area contributed by atoms with Crippen molar-refractivity contribution in [2.75, 3.05) is 5.33 Å². The van der Waals surface area contributed by atoms with Crippen LogP contribution in [-0.2, 0) is 4.79 Å². The molecule has 0 bridgehead atoms. The molecule has 0 unspecified atom stereocenters. The van der Waals surface area contributed by atoms with Gasteiger partial charge in [-0.2, -0.15) is 0 Å². The van der Waals surface area contributed by atoms with Crippen LogP contribution in [0.3, 0.4) is 0 Å². The summed E-state index contributed by atoms with van der Waals surface area (Å²) in [6.45, 7) is 2.06. The third-order valence-electron chi connectivity index (χ3n) is 1.67. The largest absolute Gasteiger partial charge is 0.298 e. The van der Waals surface area contributed by atoms with Gasteiger partial charge in [-0.05, 0) is 24.5 Å². The van der Waals surface area contributed by atoms with Gasteiger partial charge in [-0.25, -0.2) is 0 Å². The quantitative estimate of drug-likeness (QED) is 0.494. The first-order chi connectivity index (χ1) is 4.77. The van der Waals surface area contributed by atoms with Gasteiger partial charge < -0.3 is 0 Å². The van der Waals surface area contributed by atoms with Crippen LogP contribution in [0.5, 0.6) is 0 Å². The van der Waals surface area contributed by atoms with Gasteiger partial charge in [0.2, 0.25) is 0 Å². The fourth-order valence-electron chi connectivity index (χ4n) is 1.05. The molecule has 1 aliphatic rings. The fourth-order valence-corrected chi connectivity index (χ4v) is 1.69. The minimum Gasteiger partial charge on any atom is -0.298 e. The van der Waals surface area contributed by atoms with E-state index < -0.39 is 0 Å². The number of halogens is 1. The number of rotatable bonds is 2. The van der Waals surface area contributed by atoms with Gasteiger partial charge in [0.15, 0.2) is 0 Å². The number of carbonyl (C=O) groups excluding carboxylic acids is 1. The van der Waals surface area contributed by atoms with E-state index in [1.54, 1.807) is 0 Å². The molecule has 1 aliphatic carbocycles. The molecule has 0 saturated heterocycles. The van der Waals surface area contributed by atoms with E-state index in [4.69, 9.17) is 0 Å². The lowest BCUT2D eigenvalue weighted by atomic mass is 10.2. The van der Waals surface area contributed by atoms with Gasteiger partial charge in [0, 0.05) is 5.33 Å². The topological polar surface area (TPSA) is 17.1 Å². The maximum Gasteiger partial charge on any atom is 0.146 e. The van der Waals surface area contributed by atoms with Gasteiger partial charge in [0.1, 0.15) is 6.29 Å². The van der Waals surface area contributed by atoms with Crippen molar-refractivity contribution in [1.29, 1.82) is 0 Å². The van der Waals surface area contributed by atoms with Crippen molar-refractivity contribution in [3.8, 4) is 0 Å². The van der Waals surface area contributed by atoms with E-state index in [1.807, 2.05) is 6.08 Å². The third-order valence-corrected chi connectivity index (χ3v) is 2.28. The van der Waals surface area contributed by atoms with E-state index in [0.29, 0.717) is 0 Å². The molecule has 0 aromatic carbocycles. The normalized spacial score (nSPS) is 17.6. The summed E-state index contributed by atoms with van der Waals surface area (Å²) in [6, 6.07) is 0. The predicted molar refractivity (Wildman–Crippen MR) is 45.3 cm³/mol. The average molecular weight is 201 g/mol. The van der Waals surface area contributed by atoms with Crippen LogP contribution < -0.4 is 0 Å². The minimum atomic E-state index is 0.838. The van der Waals surface area contributed by atoms with Crippen molar-refractivity contribution in [2.24, 2.45) is 0 Å². The fraction of sp³-hybridized carbons (Fsp3) is 0.375. The van der Waals surface area contributed by atoms with Crippen LogP contribution in [0.4, 0.5) is 0 Å². The van der Waals surface area contributed by atoms with Crippen LogP contribution >= 0.6 is 15.9 Å². The van der Waals surface area contributed by atoms with Crippen molar-refractivity contribution in [2.45, 2.75) is 13.3 Å². The zero-order valence-electron chi connectivity index (χ0n) is 5.86. The van der Waals surface area contributed by atoms with E-state index in [0.717, 1.165) is 23.6 Å². The van der Waals surface area contributed by atoms with Crippen molar-refractivity contribution in [3.63, 3.8) is 0 Å². The van der Waals surface area contributed by atoms with Gasteiger partial charge >= 0.3 is 0 Å². The van der Waals surface area contributed by atoms with Gasteiger partial charge in [0.25, 0.3) is 0 Å². The summed E-state index contributed by atoms with van der Waals surface area (Å²) < 4.78 is 0. The first-order valence-electron chi connectivity index (χ1n) is 3.18. The van der Waals surface area contributed by atoms with Crippen LogP contribution in [0, 0.1) is 0 Å². The van der Waals surface area contributed by atoms with E-state index in [-0.39, 0.29) is 0 Å². The highest BCUT2D eigenvalue weighted by Crippen LogP contribution is 2.24. The van der Waals surface area contributed by atoms with Crippen molar-refractivity contribution in [1.82, 2.24) is 0 Å². The molecular formula is C8H9BrO. The van der Waals surface area contributed by atoms with Crippen LogP contribution in [0.1, 0.15) is 13.3 Å². The Morgan fingerprint density at radius 2 is 2.50 bits per heavy atom. The molecule has 0 spiro atoms. The average Bonchev–Trinajstić information content (AvgIpc) is 2.30. The van der Waals surface area contributed by atoms with E-state index >= 15 is 0 Å². The summed E-state index contributed by atoms with van der Waals surface area (Å²) >= 11 is 3.35. The number of hydrogen-bond donors (Lipinski definition) is 0. The van der Waals surface area contributed by atoms with Gasteiger partial charge in [-0.15, -0.1) is 0 Å². The van der Waals surface area contributed by atoms with Crippen molar-refractivity contribution >= 4 is 22.2 Å². The van der Waals surface area contributed by atoms with Gasteiger partial charge in [-0.3, -0.25) is 4.79 Å². The number of carbonyl (C=O) groups is 1. The standard InChI is InChI=1S/C8H9BrO/c1-6-2-7(5-10)3-8(6)4-9/h3,5H,2,4H2,1H3. The Morgan fingerprint density at radius 1 is 1.80 bits per heavy atom. The molecule has 54 valence electrons. The molecule has 0 atom stereocenters. The molecule has 10 heavy (non-hydrogen) atoms. The zero-order chi connectivity index (χ0) is 7.56. The summed E-state index contributed by atoms with van der Waals surface area (Å²) in [6.07, 6.45) is 3.72. The molecule has 0 radical (unpaired) electrons. The highest BCUT2D eigenvalue weighted by Gasteiger charge is 2.09.